The SMILES string of the molecule is CCOCC(NC(=O)OCCO)C(C)C. The first-order valence-corrected chi connectivity index (χ1v) is 5.23. The van der Waals surface area contributed by atoms with Crippen molar-refractivity contribution in [3.8, 4) is 0 Å². The highest BCUT2D eigenvalue weighted by Crippen LogP contribution is 2.02. The van der Waals surface area contributed by atoms with Crippen LogP contribution in [0, 0.1) is 5.92 Å². The average Bonchev–Trinajstić information content (AvgIpc) is 2.20. The van der Waals surface area contributed by atoms with Gasteiger partial charge in [0.15, 0.2) is 0 Å². The summed E-state index contributed by atoms with van der Waals surface area (Å²) in [5.41, 5.74) is 0. The zero-order valence-electron chi connectivity index (χ0n) is 9.66. The molecule has 0 fully saturated rings. The summed E-state index contributed by atoms with van der Waals surface area (Å²) in [6.45, 7) is 6.85. The highest BCUT2D eigenvalue weighted by Gasteiger charge is 2.16. The number of rotatable bonds is 7. The van der Waals surface area contributed by atoms with Gasteiger partial charge < -0.3 is 19.9 Å². The van der Waals surface area contributed by atoms with E-state index < -0.39 is 6.09 Å². The standard InChI is InChI=1S/C10H21NO4/c1-4-14-7-9(8(2)3)11-10(13)15-6-5-12/h8-9,12H,4-7H2,1-3H3,(H,11,13). The zero-order chi connectivity index (χ0) is 11.7. The second-order valence-corrected chi connectivity index (χ2v) is 3.51. The highest BCUT2D eigenvalue weighted by molar-refractivity contribution is 5.67. The number of carbonyl (C=O) groups excluding carboxylic acids is 1. The Kier molecular flexibility index (Phi) is 8.04. The van der Waals surface area contributed by atoms with Crippen LogP contribution >= 0.6 is 0 Å². The quantitative estimate of drug-likeness (QED) is 0.663. The smallest absolute Gasteiger partial charge is 0.407 e. The number of aliphatic hydroxyl groups is 1. The molecule has 0 aromatic heterocycles. The molecule has 5 nitrogen and oxygen atoms in total. The molecule has 90 valence electrons. The van der Waals surface area contributed by atoms with Gasteiger partial charge in [-0.3, -0.25) is 0 Å². The van der Waals surface area contributed by atoms with Crippen molar-refractivity contribution in [1.82, 2.24) is 5.32 Å². The van der Waals surface area contributed by atoms with Crippen LogP contribution in [0.2, 0.25) is 0 Å². The van der Waals surface area contributed by atoms with Gasteiger partial charge in [-0.05, 0) is 12.8 Å². The predicted octanol–water partition coefficient (Wildman–Crippen LogP) is 0.766. The fourth-order valence-corrected chi connectivity index (χ4v) is 0.977. The van der Waals surface area contributed by atoms with Crippen LogP contribution in [0.4, 0.5) is 4.79 Å². The van der Waals surface area contributed by atoms with Gasteiger partial charge >= 0.3 is 6.09 Å². The van der Waals surface area contributed by atoms with Gasteiger partial charge in [-0.15, -0.1) is 0 Å². The predicted molar refractivity (Wildman–Crippen MR) is 56.7 cm³/mol. The Labute approximate surface area is 90.8 Å². The third-order valence-electron chi connectivity index (χ3n) is 1.93. The van der Waals surface area contributed by atoms with E-state index in [0.717, 1.165) is 0 Å². The largest absolute Gasteiger partial charge is 0.447 e. The van der Waals surface area contributed by atoms with Crippen molar-refractivity contribution < 1.29 is 19.4 Å². The van der Waals surface area contributed by atoms with Crippen LogP contribution in [0.25, 0.3) is 0 Å². The molecule has 0 aliphatic rings. The average molecular weight is 219 g/mol. The number of hydrogen-bond acceptors (Lipinski definition) is 4. The van der Waals surface area contributed by atoms with E-state index in [0.29, 0.717) is 13.2 Å². The first kappa shape index (κ1) is 14.2. The number of ether oxygens (including phenoxy) is 2. The maximum Gasteiger partial charge on any atom is 0.407 e. The molecule has 5 heteroatoms. The monoisotopic (exact) mass is 219 g/mol. The number of aliphatic hydroxyl groups excluding tert-OH is 1. The lowest BCUT2D eigenvalue weighted by Crippen LogP contribution is -2.42. The van der Waals surface area contributed by atoms with E-state index in [1.165, 1.54) is 0 Å². The van der Waals surface area contributed by atoms with E-state index in [9.17, 15) is 4.79 Å². The molecular weight excluding hydrogens is 198 g/mol. The first-order chi connectivity index (χ1) is 7.11. The molecule has 0 aromatic carbocycles. The topological polar surface area (TPSA) is 67.8 Å². The van der Waals surface area contributed by atoms with Crippen LogP contribution < -0.4 is 5.32 Å². The minimum absolute atomic E-state index is 0.0191. The van der Waals surface area contributed by atoms with Crippen LogP contribution in [0.5, 0.6) is 0 Å². The summed E-state index contributed by atoms with van der Waals surface area (Å²) in [6, 6.07) is -0.0591. The van der Waals surface area contributed by atoms with Crippen molar-refractivity contribution in [2.75, 3.05) is 26.4 Å². The maximum atomic E-state index is 11.2. The summed E-state index contributed by atoms with van der Waals surface area (Å²) in [4.78, 5) is 11.2. The Morgan fingerprint density at radius 3 is 2.60 bits per heavy atom. The number of nitrogens with one attached hydrogen (secondary N) is 1. The molecule has 0 aromatic rings. The molecule has 0 saturated heterocycles. The molecule has 1 atom stereocenters. The molecule has 2 N–H and O–H groups in total. The Morgan fingerprint density at radius 1 is 1.47 bits per heavy atom. The van der Waals surface area contributed by atoms with Gasteiger partial charge in [0.25, 0.3) is 0 Å². The van der Waals surface area contributed by atoms with Crippen molar-refractivity contribution in [2.45, 2.75) is 26.8 Å². The van der Waals surface area contributed by atoms with Gasteiger partial charge in [0.05, 0.1) is 19.3 Å². The van der Waals surface area contributed by atoms with Crippen molar-refractivity contribution in [3.05, 3.63) is 0 Å². The van der Waals surface area contributed by atoms with Crippen LogP contribution in [-0.2, 0) is 9.47 Å². The van der Waals surface area contributed by atoms with Gasteiger partial charge in [-0.1, -0.05) is 13.8 Å². The number of amides is 1. The van der Waals surface area contributed by atoms with Crippen molar-refractivity contribution >= 4 is 6.09 Å². The molecular formula is C10H21NO4. The van der Waals surface area contributed by atoms with Crippen molar-refractivity contribution in [1.29, 1.82) is 0 Å². The molecule has 1 unspecified atom stereocenters. The van der Waals surface area contributed by atoms with Gasteiger partial charge in [0.1, 0.15) is 6.61 Å². The maximum absolute atomic E-state index is 11.2. The van der Waals surface area contributed by atoms with E-state index in [1.54, 1.807) is 0 Å². The molecule has 0 bridgehead atoms. The molecule has 0 spiro atoms. The summed E-state index contributed by atoms with van der Waals surface area (Å²) >= 11 is 0. The third-order valence-corrected chi connectivity index (χ3v) is 1.93. The summed E-state index contributed by atoms with van der Waals surface area (Å²) in [5, 5.41) is 11.2. The Morgan fingerprint density at radius 2 is 2.13 bits per heavy atom. The summed E-state index contributed by atoms with van der Waals surface area (Å²) < 4.78 is 9.94. The minimum atomic E-state index is -0.512. The van der Waals surface area contributed by atoms with E-state index in [2.05, 4.69) is 5.32 Å². The van der Waals surface area contributed by atoms with Crippen LogP contribution in [0.15, 0.2) is 0 Å². The van der Waals surface area contributed by atoms with Crippen LogP contribution in [0.3, 0.4) is 0 Å². The first-order valence-electron chi connectivity index (χ1n) is 5.23. The van der Waals surface area contributed by atoms with Crippen molar-refractivity contribution in [3.63, 3.8) is 0 Å². The summed E-state index contributed by atoms with van der Waals surface area (Å²) in [7, 11) is 0. The molecule has 0 rings (SSSR count). The van der Waals surface area contributed by atoms with E-state index in [4.69, 9.17) is 14.6 Å². The summed E-state index contributed by atoms with van der Waals surface area (Å²) in [6.07, 6.45) is -0.512. The number of carbonyl (C=O) groups is 1. The third kappa shape index (κ3) is 7.16. The van der Waals surface area contributed by atoms with Crippen molar-refractivity contribution in [2.24, 2.45) is 5.92 Å². The molecule has 0 radical (unpaired) electrons. The zero-order valence-corrected chi connectivity index (χ0v) is 9.66. The molecule has 0 aliphatic carbocycles. The highest BCUT2D eigenvalue weighted by atomic mass is 16.6. The fourth-order valence-electron chi connectivity index (χ4n) is 0.977. The molecule has 0 saturated carbocycles. The second kappa shape index (κ2) is 8.49. The Hall–Kier alpha value is -0.810. The lowest BCUT2D eigenvalue weighted by molar-refractivity contribution is 0.0876. The van der Waals surface area contributed by atoms with Crippen LogP contribution in [0.1, 0.15) is 20.8 Å². The van der Waals surface area contributed by atoms with E-state index in [-0.39, 0.29) is 25.2 Å². The van der Waals surface area contributed by atoms with E-state index >= 15 is 0 Å². The van der Waals surface area contributed by atoms with Gasteiger partial charge in [0.2, 0.25) is 0 Å². The number of alkyl carbamates (subject to hydrolysis) is 1. The lowest BCUT2D eigenvalue weighted by Gasteiger charge is -2.21. The normalized spacial score (nSPS) is 12.6. The second-order valence-electron chi connectivity index (χ2n) is 3.51. The number of hydrogen-bond donors (Lipinski definition) is 2. The molecule has 0 heterocycles. The molecule has 0 aliphatic heterocycles. The molecule has 15 heavy (non-hydrogen) atoms. The van der Waals surface area contributed by atoms with Gasteiger partial charge in [-0.2, -0.15) is 0 Å². The Bertz CT molecular complexity index is 173. The fraction of sp³-hybridized carbons (Fsp3) is 0.900. The van der Waals surface area contributed by atoms with Gasteiger partial charge in [0, 0.05) is 6.61 Å². The Balaban J connectivity index is 3.87. The molecule has 1 amide bonds. The summed E-state index contributed by atoms with van der Waals surface area (Å²) in [5.74, 6) is 0.276. The lowest BCUT2D eigenvalue weighted by atomic mass is 10.1. The minimum Gasteiger partial charge on any atom is -0.447 e. The van der Waals surface area contributed by atoms with Gasteiger partial charge in [-0.25, -0.2) is 4.79 Å². The van der Waals surface area contributed by atoms with E-state index in [1.807, 2.05) is 20.8 Å². The van der Waals surface area contributed by atoms with Crippen LogP contribution in [-0.4, -0.2) is 43.7 Å².